The van der Waals surface area contributed by atoms with Crippen molar-refractivity contribution in [2.24, 2.45) is 11.8 Å². The first-order chi connectivity index (χ1) is 14.3. The highest BCUT2D eigenvalue weighted by atomic mass is 32.2. The summed E-state index contributed by atoms with van der Waals surface area (Å²) in [4.78, 5) is 15.0. The Morgan fingerprint density at radius 2 is 1.67 bits per heavy atom. The molecule has 1 aromatic carbocycles. The third-order valence-electron chi connectivity index (χ3n) is 6.51. The predicted molar refractivity (Wildman–Crippen MR) is 121 cm³/mol. The SMILES string of the molecule is Cc1ccc(CS(=O)(=O)N2CCC(C(=O)NCCCN3CCC(C)CC3)CC2)cc1. The fourth-order valence-corrected chi connectivity index (χ4v) is 5.89. The van der Waals surface area contributed by atoms with Crippen LogP contribution in [0, 0.1) is 18.8 Å². The van der Waals surface area contributed by atoms with Gasteiger partial charge in [-0.3, -0.25) is 4.79 Å². The second-order valence-corrected chi connectivity index (χ2v) is 11.1. The summed E-state index contributed by atoms with van der Waals surface area (Å²) in [5.41, 5.74) is 1.93. The molecule has 2 heterocycles. The molecule has 0 atom stereocenters. The van der Waals surface area contributed by atoms with Crippen molar-refractivity contribution in [2.75, 3.05) is 39.3 Å². The van der Waals surface area contributed by atoms with E-state index in [1.54, 1.807) is 4.31 Å². The Bertz CT molecular complexity index is 778. The molecule has 168 valence electrons. The number of nitrogens with one attached hydrogen (secondary N) is 1. The second-order valence-electron chi connectivity index (χ2n) is 9.08. The molecule has 3 rings (SSSR count). The minimum atomic E-state index is -3.34. The standard InChI is InChI=1S/C23H37N3O3S/c1-19-4-6-21(7-5-19)18-30(28,29)26-16-10-22(11-17-26)23(27)24-12-3-13-25-14-8-20(2)9-15-25/h4-7,20,22H,3,8-18H2,1-2H3,(H,24,27). The zero-order chi connectivity index (χ0) is 21.6. The van der Waals surface area contributed by atoms with Crippen LogP contribution in [0.3, 0.4) is 0 Å². The molecule has 6 nitrogen and oxygen atoms in total. The lowest BCUT2D eigenvalue weighted by atomic mass is 9.97. The smallest absolute Gasteiger partial charge is 0.223 e. The maximum atomic E-state index is 12.7. The third-order valence-corrected chi connectivity index (χ3v) is 8.36. The number of carbonyl (C=O) groups is 1. The number of nitrogens with zero attached hydrogens (tertiary/aromatic N) is 2. The monoisotopic (exact) mass is 435 g/mol. The van der Waals surface area contributed by atoms with Crippen LogP contribution in [0.25, 0.3) is 0 Å². The minimum Gasteiger partial charge on any atom is -0.356 e. The highest BCUT2D eigenvalue weighted by Crippen LogP contribution is 2.22. The van der Waals surface area contributed by atoms with Crippen molar-refractivity contribution in [3.8, 4) is 0 Å². The predicted octanol–water partition coefficient (Wildman–Crippen LogP) is 2.78. The van der Waals surface area contributed by atoms with Gasteiger partial charge >= 0.3 is 0 Å². The maximum Gasteiger partial charge on any atom is 0.223 e. The molecule has 1 N–H and O–H groups in total. The van der Waals surface area contributed by atoms with E-state index in [0.717, 1.165) is 30.0 Å². The Morgan fingerprint density at radius 3 is 2.30 bits per heavy atom. The van der Waals surface area contributed by atoms with Gasteiger partial charge in [0.1, 0.15) is 0 Å². The zero-order valence-electron chi connectivity index (χ0n) is 18.5. The Morgan fingerprint density at radius 1 is 1.03 bits per heavy atom. The number of hydrogen-bond acceptors (Lipinski definition) is 4. The van der Waals surface area contributed by atoms with E-state index >= 15 is 0 Å². The molecule has 1 amide bonds. The Labute approximate surface area is 182 Å². The van der Waals surface area contributed by atoms with E-state index in [1.807, 2.05) is 31.2 Å². The van der Waals surface area contributed by atoms with Crippen LogP contribution >= 0.6 is 0 Å². The highest BCUT2D eigenvalue weighted by Gasteiger charge is 2.31. The van der Waals surface area contributed by atoms with Crippen molar-refractivity contribution >= 4 is 15.9 Å². The summed E-state index contributed by atoms with van der Waals surface area (Å²) in [6, 6.07) is 7.62. The molecule has 2 saturated heterocycles. The number of piperidine rings is 2. The lowest BCUT2D eigenvalue weighted by molar-refractivity contribution is -0.126. The molecule has 0 spiro atoms. The van der Waals surface area contributed by atoms with Crippen LogP contribution in [-0.2, 0) is 20.6 Å². The largest absolute Gasteiger partial charge is 0.356 e. The number of likely N-dealkylation sites (tertiary alicyclic amines) is 1. The van der Waals surface area contributed by atoms with Crippen LogP contribution in [-0.4, -0.2) is 62.8 Å². The van der Waals surface area contributed by atoms with Crippen LogP contribution in [0.15, 0.2) is 24.3 Å². The molecule has 2 aliphatic rings. The summed E-state index contributed by atoms with van der Waals surface area (Å²) >= 11 is 0. The minimum absolute atomic E-state index is 0.0272. The lowest BCUT2D eigenvalue weighted by Gasteiger charge is -2.31. The number of sulfonamides is 1. The molecule has 0 unspecified atom stereocenters. The van der Waals surface area contributed by atoms with Crippen molar-refractivity contribution in [1.29, 1.82) is 0 Å². The molecule has 0 aromatic heterocycles. The molecule has 0 aliphatic carbocycles. The first kappa shape index (κ1) is 23.2. The van der Waals surface area contributed by atoms with Crippen LogP contribution in [0.5, 0.6) is 0 Å². The zero-order valence-corrected chi connectivity index (χ0v) is 19.3. The highest BCUT2D eigenvalue weighted by molar-refractivity contribution is 7.88. The van der Waals surface area contributed by atoms with Crippen LogP contribution in [0.4, 0.5) is 0 Å². The van der Waals surface area contributed by atoms with Gasteiger partial charge in [0.15, 0.2) is 0 Å². The summed E-state index contributed by atoms with van der Waals surface area (Å²) in [6.45, 7) is 9.25. The fourth-order valence-electron chi connectivity index (χ4n) is 4.33. The summed E-state index contributed by atoms with van der Waals surface area (Å²) in [5, 5.41) is 3.07. The van der Waals surface area contributed by atoms with E-state index < -0.39 is 10.0 Å². The first-order valence-electron chi connectivity index (χ1n) is 11.4. The lowest BCUT2D eigenvalue weighted by Crippen LogP contribution is -2.43. The molecule has 2 aliphatic heterocycles. The van der Waals surface area contributed by atoms with E-state index in [9.17, 15) is 13.2 Å². The van der Waals surface area contributed by atoms with Gasteiger partial charge in [0, 0.05) is 25.6 Å². The van der Waals surface area contributed by atoms with Gasteiger partial charge < -0.3 is 10.2 Å². The average Bonchev–Trinajstić information content (AvgIpc) is 2.74. The van der Waals surface area contributed by atoms with Gasteiger partial charge in [-0.2, -0.15) is 0 Å². The van der Waals surface area contributed by atoms with E-state index in [4.69, 9.17) is 0 Å². The van der Waals surface area contributed by atoms with Crippen molar-refractivity contribution in [1.82, 2.24) is 14.5 Å². The molecule has 0 bridgehead atoms. The molecule has 0 saturated carbocycles. The normalized spacial score (nSPS) is 20.3. The summed E-state index contributed by atoms with van der Waals surface area (Å²) < 4.78 is 27.0. The molecule has 30 heavy (non-hydrogen) atoms. The molecule has 1 aromatic rings. The Balaban J connectivity index is 1.36. The topological polar surface area (TPSA) is 69.7 Å². The third kappa shape index (κ3) is 6.79. The van der Waals surface area contributed by atoms with Crippen LogP contribution < -0.4 is 5.32 Å². The van der Waals surface area contributed by atoms with Gasteiger partial charge in [0.25, 0.3) is 0 Å². The van der Waals surface area contributed by atoms with Gasteiger partial charge in [-0.25, -0.2) is 12.7 Å². The number of carbonyl (C=O) groups excluding carboxylic acids is 1. The van der Waals surface area contributed by atoms with Crippen molar-refractivity contribution in [2.45, 2.75) is 51.7 Å². The molecular weight excluding hydrogens is 398 g/mol. The van der Waals surface area contributed by atoms with Crippen molar-refractivity contribution in [3.63, 3.8) is 0 Å². The fraction of sp³-hybridized carbons (Fsp3) is 0.696. The molecular formula is C23H37N3O3S. The van der Waals surface area contributed by atoms with E-state index in [0.29, 0.717) is 32.5 Å². The summed E-state index contributed by atoms with van der Waals surface area (Å²) in [6.07, 6.45) is 4.73. The molecule has 0 radical (unpaired) electrons. The Hall–Kier alpha value is -1.44. The van der Waals surface area contributed by atoms with Gasteiger partial charge in [-0.15, -0.1) is 0 Å². The average molecular weight is 436 g/mol. The van der Waals surface area contributed by atoms with Gasteiger partial charge in [-0.05, 0) is 70.1 Å². The van der Waals surface area contributed by atoms with E-state index in [2.05, 4.69) is 17.1 Å². The Kier molecular flexibility index (Phi) is 8.31. The molecule has 7 heteroatoms. The molecule has 2 fully saturated rings. The second kappa shape index (κ2) is 10.7. The van der Waals surface area contributed by atoms with Crippen LogP contribution in [0.1, 0.15) is 50.2 Å². The van der Waals surface area contributed by atoms with E-state index in [1.165, 1.54) is 25.9 Å². The quantitative estimate of drug-likeness (QED) is 0.638. The van der Waals surface area contributed by atoms with Gasteiger partial charge in [0.2, 0.25) is 15.9 Å². The van der Waals surface area contributed by atoms with Crippen LogP contribution in [0.2, 0.25) is 0 Å². The maximum absolute atomic E-state index is 12.7. The van der Waals surface area contributed by atoms with Gasteiger partial charge in [0.05, 0.1) is 5.75 Å². The number of benzene rings is 1. The summed E-state index contributed by atoms with van der Waals surface area (Å²) in [5.74, 6) is 0.872. The number of amides is 1. The van der Waals surface area contributed by atoms with Crippen molar-refractivity contribution in [3.05, 3.63) is 35.4 Å². The summed E-state index contributed by atoms with van der Waals surface area (Å²) in [7, 11) is -3.34. The number of rotatable bonds is 8. The van der Waals surface area contributed by atoms with E-state index in [-0.39, 0.29) is 17.6 Å². The number of aryl methyl sites for hydroxylation is 1. The van der Waals surface area contributed by atoms with Crippen molar-refractivity contribution < 1.29 is 13.2 Å². The first-order valence-corrected chi connectivity index (χ1v) is 13.0. The van der Waals surface area contributed by atoms with Gasteiger partial charge in [-0.1, -0.05) is 36.8 Å². The number of hydrogen-bond donors (Lipinski definition) is 1.